The summed E-state index contributed by atoms with van der Waals surface area (Å²) >= 11 is 10.9. The van der Waals surface area contributed by atoms with E-state index in [2.05, 4.69) is 217 Å². The summed E-state index contributed by atoms with van der Waals surface area (Å²) in [5, 5.41) is 55.5. The monoisotopic (exact) mass is 1380 g/mol. The Balaban J connectivity index is 0.619. The molecule has 15 aliphatic rings. The van der Waals surface area contributed by atoms with E-state index in [1.54, 1.807) is 0 Å². The van der Waals surface area contributed by atoms with E-state index in [0.717, 1.165) is 10.7 Å². The summed E-state index contributed by atoms with van der Waals surface area (Å²) in [7, 11) is 25.1. The molecule has 81 heavy (non-hydrogen) atoms. The van der Waals surface area contributed by atoms with Crippen LogP contribution in [0.25, 0.3) is 0 Å². The summed E-state index contributed by atoms with van der Waals surface area (Å²) in [4.78, 5) is 7.36. The summed E-state index contributed by atoms with van der Waals surface area (Å²) in [6.07, 6.45) is 7.49. The fraction of sp³-hybridized carbons (Fsp3) is 0.887. The second-order valence-corrected chi connectivity index (χ2v) is 48.0. The summed E-state index contributed by atoms with van der Waals surface area (Å²) in [5.41, 5.74) is 5.08. The number of piperidine rings is 12. The largest absolute Gasteiger partial charge is 0.364 e. The van der Waals surface area contributed by atoms with Crippen molar-refractivity contribution in [3.63, 3.8) is 0 Å². The molecule has 0 spiro atoms. The molecule has 33 atom stereocenters. The van der Waals surface area contributed by atoms with Crippen LogP contribution in [0.4, 0.5) is 0 Å². The van der Waals surface area contributed by atoms with E-state index in [1.807, 2.05) is 49.1 Å². The fourth-order valence-corrected chi connectivity index (χ4v) is 49.2. The first-order valence-electron chi connectivity index (χ1n) is 30.2. The van der Waals surface area contributed by atoms with Crippen LogP contribution < -0.4 is 63.8 Å². The maximum atomic E-state index is 6.52. The molecule has 3 bridgehead atoms. The number of aryl methyl sites for hydroxylation is 2. The zero-order chi connectivity index (χ0) is 54.9. The highest BCUT2D eigenvalue weighted by molar-refractivity contribution is 9.46. The van der Waals surface area contributed by atoms with E-state index in [0.29, 0.717) is 163 Å². The van der Waals surface area contributed by atoms with Crippen LogP contribution >= 0.6 is 159 Å². The minimum atomic E-state index is 0.129. The van der Waals surface area contributed by atoms with E-state index >= 15 is 0 Å². The van der Waals surface area contributed by atoms with Gasteiger partial charge in [-0.3, -0.25) is 63.5 Å². The minimum absolute atomic E-state index is 0.129. The maximum Gasteiger partial charge on any atom is 0.0839 e. The molecular formula is C53H81N13S15. The maximum absolute atomic E-state index is 6.52. The van der Waals surface area contributed by atoms with Gasteiger partial charge in [0.2, 0.25) is 0 Å². The molecule has 448 valence electrons. The van der Waals surface area contributed by atoms with E-state index < -0.39 is 0 Å². The number of hydrogen-bond acceptors (Lipinski definition) is 27. The third kappa shape index (κ3) is 10.3. The van der Waals surface area contributed by atoms with Gasteiger partial charge in [0.1, 0.15) is 0 Å². The molecule has 15 saturated heterocycles. The summed E-state index contributed by atoms with van der Waals surface area (Å²) < 4.78 is 0. The Hall–Kier alpha value is 3.50. The van der Waals surface area contributed by atoms with Crippen LogP contribution in [0.3, 0.4) is 0 Å². The van der Waals surface area contributed by atoms with Crippen molar-refractivity contribution in [3.05, 3.63) is 22.5 Å². The minimum Gasteiger partial charge on any atom is -0.364 e. The van der Waals surface area contributed by atoms with Gasteiger partial charge in [-0.1, -0.05) is 90.8 Å². The standard InChI is InChI=1S/C53H81N13S15/c1-15-19(5)54-20(6)16(2)36(15)68-9-10-69-37-17(3)21(7)55-45-27(37)14-29-41-33-40(70-71-41)28-13-24-34-25-11-23-12-26-39(73-77-79-81-80-78-75-53(25)66-44(24)60-47(28)63-51(33)64-48(29)61-45)30-35-31(52(67)65-49(30)62-46(26)59-43(23)57-34)42-32-38(72-76-74-42)18(4)22(8)56-50(32)58-35/h17-18,21-35,37-51,53,55-64,66H,9-14H2,1-8H3,(H,65,67). The van der Waals surface area contributed by atoms with Gasteiger partial charge in [-0.05, 0) is 155 Å². The van der Waals surface area contributed by atoms with Gasteiger partial charge in [0.15, 0.2) is 0 Å². The lowest BCUT2D eigenvalue weighted by Crippen LogP contribution is -2.83. The van der Waals surface area contributed by atoms with Gasteiger partial charge in [0, 0.05) is 143 Å². The zero-order valence-corrected chi connectivity index (χ0v) is 59.1. The number of pyridine rings is 1. The second kappa shape index (κ2) is 24.1. The summed E-state index contributed by atoms with van der Waals surface area (Å²) in [6.45, 7) is 18.7. The molecule has 0 amide bonds. The Morgan fingerprint density at radius 3 is 1.77 bits per heavy atom. The Bertz CT molecular complexity index is 2530. The second-order valence-electron chi connectivity index (χ2n) is 26.7. The Morgan fingerprint density at radius 1 is 0.457 bits per heavy atom. The first-order chi connectivity index (χ1) is 39.3. The molecule has 15 aliphatic heterocycles. The van der Waals surface area contributed by atoms with Crippen molar-refractivity contribution in [2.24, 2.45) is 76.9 Å². The number of rotatable bonds is 5. The first-order valence-corrected chi connectivity index (χ1v) is 47.4. The molecule has 0 radical (unpaired) electrons. The van der Waals surface area contributed by atoms with Gasteiger partial charge in [-0.2, -0.15) is 11.8 Å². The van der Waals surface area contributed by atoms with Crippen molar-refractivity contribution < 1.29 is 0 Å². The molecule has 13 nitrogen and oxygen atoms in total. The predicted octanol–water partition coefficient (Wildman–Crippen LogP) is 9.38. The normalized spacial score (nSPS) is 54.8. The van der Waals surface area contributed by atoms with Gasteiger partial charge in [0.25, 0.3) is 0 Å². The third-order valence-corrected chi connectivity index (χ3v) is 49.2. The number of fused-ring (bicyclic) bond motifs is 12. The molecule has 1 aromatic heterocycles. The number of nitrogens with one attached hydrogen (secondary N) is 12. The van der Waals surface area contributed by atoms with Crippen molar-refractivity contribution in [2.75, 3.05) is 11.5 Å². The zero-order valence-electron chi connectivity index (χ0n) is 46.9. The predicted molar refractivity (Wildman–Crippen MR) is 370 cm³/mol. The van der Waals surface area contributed by atoms with E-state index in [4.69, 9.17) is 17.2 Å². The lowest BCUT2D eigenvalue weighted by atomic mass is 9.63. The molecule has 28 heteroatoms. The molecule has 0 aromatic carbocycles. The van der Waals surface area contributed by atoms with Gasteiger partial charge < -0.3 is 5.32 Å². The number of aromatic nitrogens is 1. The van der Waals surface area contributed by atoms with Crippen LogP contribution in [0.1, 0.15) is 75.9 Å². The molecule has 0 saturated carbocycles. The van der Waals surface area contributed by atoms with E-state index in [1.165, 1.54) is 58.8 Å². The Kier molecular flexibility index (Phi) is 17.7. The average molecular weight is 1380 g/mol. The van der Waals surface area contributed by atoms with Crippen molar-refractivity contribution in [1.29, 1.82) is 0 Å². The van der Waals surface area contributed by atoms with Gasteiger partial charge in [0.05, 0.1) is 65.9 Å². The van der Waals surface area contributed by atoms with Crippen molar-refractivity contribution in [1.82, 2.24) is 68.8 Å². The van der Waals surface area contributed by atoms with Crippen molar-refractivity contribution in [3.8, 4) is 0 Å². The van der Waals surface area contributed by atoms with Crippen molar-refractivity contribution in [2.45, 2.75) is 203 Å². The van der Waals surface area contributed by atoms with Crippen LogP contribution in [-0.4, -0.2) is 138 Å². The van der Waals surface area contributed by atoms with Crippen LogP contribution in [0.2, 0.25) is 0 Å². The topological polar surface area (TPSA) is 157 Å². The highest BCUT2D eigenvalue weighted by Crippen LogP contribution is 2.65. The van der Waals surface area contributed by atoms with E-state index in [-0.39, 0.29) is 30.8 Å². The molecule has 33 unspecified atom stereocenters. The molecule has 1 aromatic rings. The third-order valence-electron chi connectivity index (χ3n) is 23.1. The number of hydrogen-bond donors (Lipinski definition) is 12. The fourth-order valence-electron chi connectivity index (χ4n) is 18.8. The van der Waals surface area contributed by atoms with Crippen LogP contribution in [0.5, 0.6) is 0 Å². The molecular weight excluding hydrogens is 1300 g/mol. The smallest absolute Gasteiger partial charge is 0.0839 e. The van der Waals surface area contributed by atoms with Gasteiger partial charge >= 0.3 is 0 Å². The average Bonchev–Trinajstić information content (AvgIpc) is 2.82. The van der Waals surface area contributed by atoms with Crippen LogP contribution in [0.15, 0.2) is 4.90 Å². The SMILES string of the molecule is Cc1nc(C)c(C)c(SCCSC2C(C)C(C)NC3NC4NC5NC6NC7NC8SSSSSSSC9C%10CC%11CC8C(NC%11NC%10NC8NC(=S)C%10C(NC%11NC(C)C(C)C%12SSSC%10C%11%12)C89)C7CC6C6SSC(C4CC32)C56)c1C. The molecule has 0 aliphatic carbocycles. The number of thiocarbonyl (C=S) groups is 1. The van der Waals surface area contributed by atoms with Crippen LogP contribution in [-0.2, 0) is 0 Å². The molecule has 12 N–H and O–H groups in total. The Morgan fingerprint density at radius 2 is 1.00 bits per heavy atom. The molecule has 16 rings (SSSR count). The van der Waals surface area contributed by atoms with Crippen LogP contribution in [0, 0.1) is 105 Å². The lowest BCUT2D eigenvalue weighted by Gasteiger charge is -2.65. The highest BCUT2D eigenvalue weighted by Gasteiger charge is 2.66. The highest BCUT2D eigenvalue weighted by atomic mass is 33.9. The summed E-state index contributed by atoms with van der Waals surface area (Å²) in [6, 6.07) is 1.74. The van der Waals surface area contributed by atoms with Gasteiger partial charge in [-0.15, -0.1) is 11.8 Å². The number of thioether (sulfide) groups is 2. The van der Waals surface area contributed by atoms with E-state index in [9.17, 15) is 0 Å². The lowest BCUT2D eigenvalue weighted by molar-refractivity contribution is -0.0610. The molecule has 16 heterocycles. The quantitative estimate of drug-likeness (QED) is 0.0586. The Labute approximate surface area is 540 Å². The first kappa shape index (κ1) is 59.5. The molecule has 15 fully saturated rings. The van der Waals surface area contributed by atoms with Crippen molar-refractivity contribution >= 4 is 164 Å². The summed E-state index contributed by atoms with van der Waals surface area (Å²) in [5.74, 6) is 9.50. The van der Waals surface area contributed by atoms with Gasteiger partial charge in [-0.25, -0.2) is 0 Å². The number of nitrogens with zero attached hydrogens (tertiary/aromatic N) is 1.